The van der Waals surface area contributed by atoms with Gasteiger partial charge in [-0.05, 0) is 13.5 Å². The van der Waals surface area contributed by atoms with Gasteiger partial charge >= 0.3 is 0 Å². The Morgan fingerprint density at radius 2 is 2.31 bits per heavy atom. The maximum Gasteiger partial charge on any atom is 0.233 e. The highest BCUT2D eigenvalue weighted by molar-refractivity contribution is 7.09. The molecule has 0 bridgehead atoms. The lowest BCUT2D eigenvalue weighted by atomic mass is 10.3. The topological polar surface area (TPSA) is 54.0 Å². The highest BCUT2D eigenvalue weighted by Crippen LogP contribution is 2.09. The lowest BCUT2D eigenvalue weighted by Gasteiger charge is -2.02. The van der Waals surface area contributed by atoms with Crippen molar-refractivity contribution >= 4 is 29.7 Å². The summed E-state index contributed by atoms with van der Waals surface area (Å²) in [5, 5.41) is 8.84. The molecule has 1 amide bonds. The van der Waals surface area contributed by atoms with Gasteiger partial charge in [0.25, 0.3) is 0 Å². The average Bonchev–Trinajstić information content (AvgIpc) is 2.66. The van der Waals surface area contributed by atoms with E-state index < -0.39 is 0 Å². The molecule has 1 heterocycles. The van der Waals surface area contributed by atoms with Crippen LogP contribution in [0.2, 0.25) is 0 Å². The number of carbonyl (C=O) groups excluding carboxylic acids is 1. The number of halogens is 1. The fourth-order valence-corrected chi connectivity index (χ4v) is 1.96. The minimum atomic E-state index is 0. The van der Waals surface area contributed by atoms with Crippen LogP contribution < -0.4 is 10.6 Å². The minimum Gasteiger partial charge on any atom is -0.355 e. The molecule has 6 heteroatoms. The van der Waals surface area contributed by atoms with E-state index in [-0.39, 0.29) is 18.3 Å². The Balaban J connectivity index is 0.00000225. The third kappa shape index (κ3) is 5.44. The Bertz CT molecular complexity index is 317. The van der Waals surface area contributed by atoms with E-state index >= 15 is 0 Å². The third-order valence-electron chi connectivity index (χ3n) is 1.94. The zero-order chi connectivity index (χ0) is 11.1. The van der Waals surface area contributed by atoms with E-state index in [0.29, 0.717) is 13.1 Å². The molecular formula is C10H18ClN3OS. The van der Waals surface area contributed by atoms with E-state index in [2.05, 4.69) is 27.9 Å². The fourth-order valence-electron chi connectivity index (χ4n) is 1.18. The molecule has 0 fully saturated rings. The summed E-state index contributed by atoms with van der Waals surface area (Å²) in [4.78, 5) is 15.5. The molecule has 1 rings (SSSR count). The molecule has 1 aromatic rings. The van der Waals surface area contributed by atoms with Crippen molar-refractivity contribution in [2.24, 2.45) is 0 Å². The quantitative estimate of drug-likeness (QED) is 0.805. The van der Waals surface area contributed by atoms with E-state index in [4.69, 9.17) is 0 Å². The molecule has 0 unspecified atom stereocenters. The Morgan fingerprint density at radius 3 is 2.88 bits per heavy atom. The van der Waals surface area contributed by atoms with Crippen LogP contribution in [0.3, 0.4) is 0 Å². The second-order valence-corrected chi connectivity index (χ2v) is 4.16. The Morgan fingerprint density at radius 1 is 1.56 bits per heavy atom. The molecule has 0 spiro atoms. The lowest BCUT2D eigenvalue weighted by molar-refractivity contribution is -0.120. The molecule has 0 saturated carbocycles. The van der Waals surface area contributed by atoms with Crippen molar-refractivity contribution in [3.8, 4) is 0 Å². The molecule has 0 aromatic carbocycles. The zero-order valence-corrected chi connectivity index (χ0v) is 11.2. The van der Waals surface area contributed by atoms with Gasteiger partial charge in [0.15, 0.2) is 0 Å². The third-order valence-corrected chi connectivity index (χ3v) is 2.98. The van der Waals surface area contributed by atoms with Crippen molar-refractivity contribution in [2.75, 3.05) is 20.1 Å². The predicted octanol–water partition coefficient (Wildman–Crippen LogP) is 1.01. The summed E-state index contributed by atoms with van der Waals surface area (Å²) in [5.74, 6) is 0.0310. The molecular weight excluding hydrogens is 246 g/mol. The number of carbonyl (C=O) groups is 1. The van der Waals surface area contributed by atoms with E-state index in [1.165, 1.54) is 0 Å². The maximum absolute atomic E-state index is 11.1. The second-order valence-electron chi connectivity index (χ2n) is 3.22. The van der Waals surface area contributed by atoms with Crippen LogP contribution in [0.1, 0.15) is 17.6 Å². The van der Waals surface area contributed by atoms with Gasteiger partial charge in [-0.3, -0.25) is 4.79 Å². The molecule has 1 aromatic heterocycles. The van der Waals surface area contributed by atoms with Crippen LogP contribution in [0.25, 0.3) is 0 Å². The second kappa shape index (κ2) is 8.50. The number of nitrogens with one attached hydrogen (secondary N) is 2. The first-order chi connectivity index (χ1) is 7.26. The van der Waals surface area contributed by atoms with E-state index in [1.54, 1.807) is 18.4 Å². The van der Waals surface area contributed by atoms with E-state index in [9.17, 15) is 4.79 Å². The first-order valence-corrected chi connectivity index (χ1v) is 5.98. The van der Waals surface area contributed by atoms with Crippen LogP contribution in [0.5, 0.6) is 0 Å². The van der Waals surface area contributed by atoms with Crippen LogP contribution in [0.15, 0.2) is 5.38 Å². The first kappa shape index (κ1) is 15.3. The van der Waals surface area contributed by atoms with Crippen LogP contribution in [-0.2, 0) is 17.6 Å². The van der Waals surface area contributed by atoms with Crippen molar-refractivity contribution in [1.82, 2.24) is 15.6 Å². The minimum absolute atomic E-state index is 0. The summed E-state index contributed by atoms with van der Waals surface area (Å²) in [6, 6.07) is 0. The molecule has 16 heavy (non-hydrogen) atoms. The zero-order valence-electron chi connectivity index (χ0n) is 9.58. The summed E-state index contributed by atoms with van der Waals surface area (Å²) in [7, 11) is 1.76. The SMILES string of the molecule is CCc1nc(CCNC(=O)CNC)cs1.Cl. The molecule has 0 aliphatic rings. The normalized spacial score (nSPS) is 9.62. The van der Waals surface area contributed by atoms with Crippen molar-refractivity contribution in [3.05, 3.63) is 16.1 Å². The average molecular weight is 264 g/mol. The highest BCUT2D eigenvalue weighted by Gasteiger charge is 2.01. The number of likely N-dealkylation sites (N-methyl/N-ethyl adjacent to an activating group) is 1. The molecule has 0 aliphatic carbocycles. The van der Waals surface area contributed by atoms with Crippen molar-refractivity contribution in [2.45, 2.75) is 19.8 Å². The summed E-state index contributed by atoms with van der Waals surface area (Å²) in [6.07, 6.45) is 1.79. The largest absolute Gasteiger partial charge is 0.355 e. The number of nitrogens with zero attached hydrogens (tertiary/aromatic N) is 1. The molecule has 0 aliphatic heterocycles. The van der Waals surface area contributed by atoms with Gasteiger partial charge in [-0.2, -0.15) is 0 Å². The Hall–Kier alpha value is -0.650. The molecule has 4 nitrogen and oxygen atoms in total. The van der Waals surface area contributed by atoms with Gasteiger partial charge in [0.05, 0.1) is 17.2 Å². The van der Waals surface area contributed by atoms with Crippen LogP contribution in [-0.4, -0.2) is 31.0 Å². The van der Waals surface area contributed by atoms with Crippen LogP contribution in [0, 0.1) is 0 Å². The smallest absolute Gasteiger partial charge is 0.233 e. The van der Waals surface area contributed by atoms with Gasteiger partial charge < -0.3 is 10.6 Å². The molecule has 0 saturated heterocycles. The van der Waals surface area contributed by atoms with Crippen molar-refractivity contribution in [1.29, 1.82) is 0 Å². The fraction of sp³-hybridized carbons (Fsp3) is 0.600. The summed E-state index contributed by atoms with van der Waals surface area (Å²) >= 11 is 1.68. The monoisotopic (exact) mass is 263 g/mol. The standard InChI is InChI=1S/C10H17N3OS.ClH/c1-3-10-13-8(7-15-10)4-5-12-9(14)6-11-2;/h7,11H,3-6H2,1-2H3,(H,12,14);1H. The number of hydrogen-bond acceptors (Lipinski definition) is 4. The van der Waals surface area contributed by atoms with Gasteiger partial charge in [0, 0.05) is 18.3 Å². The summed E-state index contributed by atoms with van der Waals surface area (Å²) in [6.45, 7) is 3.13. The molecule has 2 N–H and O–H groups in total. The predicted molar refractivity (Wildman–Crippen MR) is 69.4 cm³/mol. The Labute approximate surface area is 106 Å². The van der Waals surface area contributed by atoms with Gasteiger partial charge in [-0.25, -0.2) is 4.98 Å². The van der Waals surface area contributed by atoms with Gasteiger partial charge in [-0.1, -0.05) is 6.92 Å². The Kier molecular flexibility index (Phi) is 8.15. The van der Waals surface area contributed by atoms with Gasteiger partial charge in [0.2, 0.25) is 5.91 Å². The van der Waals surface area contributed by atoms with Gasteiger partial charge in [0.1, 0.15) is 0 Å². The van der Waals surface area contributed by atoms with Crippen molar-refractivity contribution in [3.63, 3.8) is 0 Å². The first-order valence-electron chi connectivity index (χ1n) is 5.10. The van der Waals surface area contributed by atoms with Crippen molar-refractivity contribution < 1.29 is 4.79 Å². The summed E-state index contributed by atoms with van der Waals surface area (Å²) in [5.41, 5.74) is 1.07. The molecule has 0 atom stereocenters. The van der Waals surface area contributed by atoms with Crippen LogP contribution >= 0.6 is 23.7 Å². The number of amides is 1. The molecule has 92 valence electrons. The van der Waals surface area contributed by atoms with E-state index in [0.717, 1.165) is 23.5 Å². The summed E-state index contributed by atoms with van der Waals surface area (Å²) < 4.78 is 0. The van der Waals surface area contributed by atoms with E-state index in [1.807, 2.05) is 0 Å². The van der Waals surface area contributed by atoms with Gasteiger partial charge in [-0.15, -0.1) is 23.7 Å². The number of rotatable bonds is 6. The number of aromatic nitrogens is 1. The van der Waals surface area contributed by atoms with Crippen LogP contribution in [0.4, 0.5) is 0 Å². The number of hydrogen-bond donors (Lipinski definition) is 2. The maximum atomic E-state index is 11.1. The number of aryl methyl sites for hydroxylation is 1. The number of thiazole rings is 1. The molecule has 0 radical (unpaired) electrons. The highest BCUT2D eigenvalue weighted by atomic mass is 35.5. The lowest BCUT2D eigenvalue weighted by Crippen LogP contribution is -2.33.